The van der Waals surface area contributed by atoms with Gasteiger partial charge in [0, 0.05) is 20.1 Å². The first-order valence-electron chi connectivity index (χ1n) is 8.33. The second kappa shape index (κ2) is 6.57. The fourth-order valence-electron chi connectivity index (χ4n) is 4.36. The van der Waals surface area contributed by atoms with Crippen LogP contribution in [0.15, 0.2) is 18.2 Å². The van der Waals surface area contributed by atoms with Crippen LogP contribution in [0.25, 0.3) is 0 Å². The number of primary amides is 1. The highest BCUT2D eigenvalue weighted by Gasteiger charge is 2.45. The van der Waals surface area contributed by atoms with Gasteiger partial charge in [-0.05, 0) is 66.9 Å². The standard InChI is InChI=1S/C18H25FN2O2/c1-23-9-8-21-6-4-18(5-7-21)12-13(10-17(20)22)15-3-2-14(19)11-16(15)18/h2-3,11,13H,4-10,12H2,1H3,(H2,20,22). The van der Waals surface area contributed by atoms with Crippen molar-refractivity contribution in [1.82, 2.24) is 4.90 Å². The second-order valence-electron chi connectivity index (χ2n) is 6.92. The molecule has 1 atom stereocenters. The van der Waals surface area contributed by atoms with E-state index in [0.29, 0.717) is 6.42 Å². The zero-order chi connectivity index (χ0) is 16.4. The molecule has 1 aliphatic heterocycles. The summed E-state index contributed by atoms with van der Waals surface area (Å²) in [5.74, 6) is -0.335. The molecule has 1 heterocycles. The molecule has 126 valence electrons. The average molecular weight is 320 g/mol. The van der Waals surface area contributed by atoms with Crippen molar-refractivity contribution in [2.75, 3.05) is 33.4 Å². The van der Waals surface area contributed by atoms with Crippen LogP contribution in [-0.2, 0) is 14.9 Å². The van der Waals surface area contributed by atoms with Crippen molar-refractivity contribution in [2.24, 2.45) is 5.73 Å². The number of benzene rings is 1. The SMILES string of the molecule is COCCN1CCC2(CC1)CC(CC(N)=O)c1ccc(F)cc12. The van der Waals surface area contributed by atoms with Gasteiger partial charge < -0.3 is 15.4 Å². The Hall–Kier alpha value is -1.46. The normalized spacial score (nSPS) is 23.1. The number of halogens is 1. The number of carbonyl (C=O) groups excluding carboxylic acids is 1. The molecule has 1 unspecified atom stereocenters. The molecule has 3 rings (SSSR count). The summed E-state index contributed by atoms with van der Waals surface area (Å²) in [5, 5.41) is 0. The van der Waals surface area contributed by atoms with Crippen molar-refractivity contribution in [2.45, 2.75) is 37.0 Å². The van der Waals surface area contributed by atoms with E-state index in [1.807, 2.05) is 6.07 Å². The lowest BCUT2D eigenvalue weighted by Crippen LogP contribution is -2.42. The first-order valence-corrected chi connectivity index (χ1v) is 8.33. The van der Waals surface area contributed by atoms with Gasteiger partial charge in [-0.1, -0.05) is 6.07 Å². The van der Waals surface area contributed by atoms with E-state index >= 15 is 0 Å². The Kier molecular flexibility index (Phi) is 4.69. The molecule has 1 saturated heterocycles. The third-order valence-electron chi connectivity index (χ3n) is 5.54. The van der Waals surface area contributed by atoms with Crippen molar-refractivity contribution < 1.29 is 13.9 Å². The molecule has 0 aromatic heterocycles. The number of hydrogen-bond donors (Lipinski definition) is 1. The van der Waals surface area contributed by atoms with E-state index in [0.717, 1.165) is 56.6 Å². The smallest absolute Gasteiger partial charge is 0.218 e. The molecule has 1 aromatic rings. The van der Waals surface area contributed by atoms with Gasteiger partial charge in [0.25, 0.3) is 0 Å². The van der Waals surface area contributed by atoms with Crippen LogP contribution in [0.3, 0.4) is 0 Å². The Bertz CT molecular complexity index is 582. The van der Waals surface area contributed by atoms with E-state index < -0.39 is 0 Å². The van der Waals surface area contributed by atoms with Gasteiger partial charge in [-0.3, -0.25) is 4.79 Å². The first-order chi connectivity index (χ1) is 11.0. The van der Waals surface area contributed by atoms with Gasteiger partial charge in [0.05, 0.1) is 6.61 Å². The highest BCUT2D eigenvalue weighted by molar-refractivity contribution is 5.75. The number of carbonyl (C=O) groups is 1. The molecule has 1 spiro atoms. The Morgan fingerprint density at radius 3 is 2.83 bits per heavy atom. The highest BCUT2D eigenvalue weighted by Crippen LogP contribution is 2.52. The van der Waals surface area contributed by atoms with Crippen LogP contribution in [0.4, 0.5) is 4.39 Å². The molecule has 1 amide bonds. The van der Waals surface area contributed by atoms with Crippen molar-refractivity contribution >= 4 is 5.91 Å². The summed E-state index contributed by atoms with van der Waals surface area (Å²) in [6.07, 6.45) is 3.27. The topological polar surface area (TPSA) is 55.6 Å². The maximum absolute atomic E-state index is 13.8. The number of amides is 1. The lowest BCUT2D eigenvalue weighted by Gasteiger charge is -2.40. The van der Waals surface area contributed by atoms with Crippen molar-refractivity contribution in [1.29, 1.82) is 0 Å². The van der Waals surface area contributed by atoms with E-state index in [9.17, 15) is 9.18 Å². The molecule has 0 radical (unpaired) electrons. The van der Waals surface area contributed by atoms with Crippen LogP contribution < -0.4 is 5.73 Å². The molecule has 0 saturated carbocycles. The van der Waals surface area contributed by atoms with Gasteiger partial charge in [-0.2, -0.15) is 0 Å². The number of fused-ring (bicyclic) bond motifs is 2. The van der Waals surface area contributed by atoms with Crippen LogP contribution in [0.1, 0.15) is 42.7 Å². The van der Waals surface area contributed by atoms with Crippen LogP contribution in [0.2, 0.25) is 0 Å². The van der Waals surface area contributed by atoms with Crippen molar-refractivity contribution in [3.8, 4) is 0 Å². The lowest BCUT2D eigenvalue weighted by molar-refractivity contribution is -0.118. The molecule has 2 N–H and O–H groups in total. The monoisotopic (exact) mass is 320 g/mol. The number of likely N-dealkylation sites (tertiary alicyclic amines) is 1. The minimum absolute atomic E-state index is 0.00111. The van der Waals surface area contributed by atoms with Crippen LogP contribution in [-0.4, -0.2) is 44.2 Å². The number of nitrogens with zero attached hydrogens (tertiary/aromatic N) is 1. The number of nitrogens with two attached hydrogens (primary N) is 1. The number of ether oxygens (including phenoxy) is 1. The third-order valence-corrected chi connectivity index (χ3v) is 5.54. The molecule has 1 fully saturated rings. The van der Waals surface area contributed by atoms with Crippen molar-refractivity contribution in [3.05, 3.63) is 35.1 Å². The molecular formula is C18H25FN2O2. The largest absolute Gasteiger partial charge is 0.383 e. The van der Waals surface area contributed by atoms with Crippen LogP contribution in [0.5, 0.6) is 0 Å². The van der Waals surface area contributed by atoms with E-state index in [1.54, 1.807) is 13.2 Å². The van der Waals surface area contributed by atoms with Crippen molar-refractivity contribution in [3.63, 3.8) is 0 Å². The van der Waals surface area contributed by atoms with E-state index in [-0.39, 0.29) is 23.1 Å². The minimum Gasteiger partial charge on any atom is -0.383 e. The van der Waals surface area contributed by atoms with E-state index in [4.69, 9.17) is 10.5 Å². The number of rotatable bonds is 5. The van der Waals surface area contributed by atoms with Gasteiger partial charge in [-0.15, -0.1) is 0 Å². The second-order valence-corrected chi connectivity index (χ2v) is 6.92. The Balaban J connectivity index is 1.81. The maximum atomic E-state index is 13.8. The summed E-state index contributed by atoms with van der Waals surface area (Å²) in [6.45, 7) is 3.65. The van der Waals surface area contributed by atoms with Crippen LogP contribution >= 0.6 is 0 Å². The number of hydrogen-bond acceptors (Lipinski definition) is 3. The Morgan fingerprint density at radius 2 is 2.17 bits per heavy atom. The summed E-state index contributed by atoms with van der Waals surface area (Å²) in [7, 11) is 1.72. The fourth-order valence-corrected chi connectivity index (χ4v) is 4.36. The third kappa shape index (κ3) is 3.26. The quantitative estimate of drug-likeness (QED) is 0.904. The average Bonchev–Trinajstić information content (AvgIpc) is 2.79. The van der Waals surface area contributed by atoms with Gasteiger partial charge >= 0.3 is 0 Å². The summed E-state index contributed by atoms with van der Waals surface area (Å²) in [6, 6.07) is 5.03. The first kappa shape index (κ1) is 16.4. The predicted molar refractivity (Wildman–Crippen MR) is 86.8 cm³/mol. The number of methoxy groups -OCH3 is 1. The molecule has 4 nitrogen and oxygen atoms in total. The molecule has 23 heavy (non-hydrogen) atoms. The van der Waals surface area contributed by atoms with Gasteiger partial charge in [0.1, 0.15) is 5.82 Å². The molecule has 2 aliphatic rings. The summed E-state index contributed by atoms with van der Waals surface area (Å²) < 4.78 is 19.0. The summed E-state index contributed by atoms with van der Waals surface area (Å²) in [4.78, 5) is 13.8. The molecule has 0 bridgehead atoms. The highest BCUT2D eigenvalue weighted by atomic mass is 19.1. The van der Waals surface area contributed by atoms with E-state index in [1.165, 1.54) is 6.07 Å². The summed E-state index contributed by atoms with van der Waals surface area (Å²) >= 11 is 0. The van der Waals surface area contributed by atoms with Gasteiger partial charge in [-0.25, -0.2) is 4.39 Å². The summed E-state index contributed by atoms with van der Waals surface area (Å²) in [5.41, 5.74) is 7.65. The fraction of sp³-hybridized carbons (Fsp3) is 0.611. The number of piperidine rings is 1. The molecule has 1 aliphatic carbocycles. The molecule has 5 heteroatoms. The Labute approximate surface area is 136 Å². The molecular weight excluding hydrogens is 295 g/mol. The van der Waals surface area contributed by atoms with Gasteiger partial charge in [0.15, 0.2) is 0 Å². The minimum atomic E-state index is -0.278. The lowest BCUT2D eigenvalue weighted by atomic mass is 9.73. The van der Waals surface area contributed by atoms with Gasteiger partial charge in [0.2, 0.25) is 5.91 Å². The maximum Gasteiger partial charge on any atom is 0.218 e. The molecule has 1 aromatic carbocycles. The van der Waals surface area contributed by atoms with E-state index in [2.05, 4.69) is 4.90 Å². The van der Waals surface area contributed by atoms with Crippen LogP contribution in [0, 0.1) is 5.82 Å². The zero-order valence-electron chi connectivity index (χ0n) is 13.7. The Morgan fingerprint density at radius 1 is 1.43 bits per heavy atom. The predicted octanol–water partition coefficient (Wildman–Crippen LogP) is 2.17. The zero-order valence-corrected chi connectivity index (χ0v) is 13.7.